The Morgan fingerprint density at radius 3 is 1.24 bits per heavy atom. The van der Waals surface area contributed by atoms with Gasteiger partial charge >= 0.3 is 0 Å². The Morgan fingerprint density at radius 2 is 0.815 bits per heavy atom. The molecule has 0 aliphatic heterocycles. The van der Waals surface area contributed by atoms with E-state index in [1.165, 1.54) is 161 Å². The molecule has 3 atom stereocenters. The highest BCUT2D eigenvalue weighted by molar-refractivity contribution is 5.80. The molecule has 5 heteroatoms. The molecule has 3 unspecified atom stereocenters. The van der Waals surface area contributed by atoms with E-state index < -0.39 is 24.2 Å². The van der Waals surface area contributed by atoms with Crippen LogP contribution in [0, 0.1) is 0 Å². The first-order chi connectivity index (χ1) is 26.6. The molecule has 0 fully saturated rings. The molecule has 54 heavy (non-hydrogen) atoms. The van der Waals surface area contributed by atoms with Gasteiger partial charge in [-0.3, -0.25) is 4.79 Å². The summed E-state index contributed by atoms with van der Waals surface area (Å²) in [5.41, 5.74) is 0. The number of unbranched alkanes of at least 4 members (excludes halogenated alkanes) is 28. The normalized spacial score (nSPS) is 13.9. The third kappa shape index (κ3) is 38.6. The number of aliphatic hydroxyl groups excluding tert-OH is 3. The van der Waals surface area contributed by atoms with Crippen molar-refractivity contribution in [1.82, 2.24) is 5.32 Å². The molecular formula is C49H91NO4. The van der Waals surface area contributed by atoms with E-state index in [4.69, 9.17) is 0 Å². The largest absolute Gasteiger partial charge is 0.394 e. The van der Waals surface area contributed by atoms with Crippen LogP contribution in [0.5, 0.6) is 0 Å². The molecule has 0 aliphatic rings. The number of hydrogen-bond acceptors (Lipinski definition) is 4. The van der Waals surface area contributed by atoms with E-state index in [2.05, 4.69) is 55.6 Å². The first kappa shape index (κ1) is 52.3. The van der Waals surface area contributed by atoms with Crippen LogP contribution in [0.25, 0.3) is 0 Å². The molecule has 316 valence electrons. The zero-order valence-electron chi connectivity index (χ0n) is 35.8. The molecule has 0 saturated carbocycles. The van der Waals surface area contributed by atoms with Gasteiger partial charge < -0.3 is 20.6 Å². The summed E-state index contributed by atoms with van der Waals surface area (Å²) in [6, 6.07) is -0.820. The Labute approximate surface area is 336 Å². The molecule has 0 bridgehead atoms. The van der Waals surface area contributed by atoms with Crippen molar-refractivity contribution in [3.63, 3.8) is 0 Å². The van der Waals surface area contributed by atoms with E-state index in [0.717, 1.165) is 51.4 Å². The zero-order valence-corrected chi connectivity index (χ0v) is 35.8. The van der Waals surface area contributed by atoms with Gasteiger partial charge in [0.2, 0.25) is 5.91 Å². The zero-order chi connectivity index (χ0) is 39.4. The van der Waals surface area contributed by atoms with Crippen molar-refractivity contribution in [2.24, 2.45) is 0 Å². The van der Waals surface area contributed by atoms with Crippen molar-refractivity contribution in [3.8, 4) is 0 Å². The molecule has 0 heterocycles. The lowest BCUT2D eigenvalue weighted by Crippen LogP contribution is -2.48. The summed E-state index contributed by atoms with van der Waals surface area (Å²) >= 11 is 0. The minimum atomic E-state index is -1.12. The van der Waals surface area contributed by atoms with Crippen molar-refractivity contribution in [2.45, 2.75) is 250 Å². The minimum absolute atomic E-state index is 0.381. The van der Waals surface area contributed by atoms with Gasteiger partial charge in [-0.2, -0.15) is 0 Å². The molecular weight excluding hydrogens is 667 g/mol. The van der Waals surface area contributed by atoms with Crippen molar-refractivity contribution >= 4 is 5.91 Å². The fourth-order valence-electron chi connectivity index (χ4n) is 6.94. The highest BCUT2D eigenvalue weighted by atomic mass is 16.3. The summed E-state index contributed by atoms with van der Waals surface area (Å²) in [6.07, 6.45) is 57.2. The number of aliphatic hydroxyl groups is 3. The third-order valence-electron chi connectivity index (χ3n) is 10.6. The Hall–Kier alpha value is -1.69. The van der Waals surface area contributed by atoms with Gasteiger partial charge in [-0.25, -0.2) is 0 Å². The predicted molar refractivity (Wildman–Crippen MR) is 236 cm³/mol. The van der Waals surface area contributed by atoms with Gasteiger partial charge in [0.05, 0.1) is 18.8 Å². The Balaban J connectivity index is 3.72. The molecule has 0 aromatic heterocycles. The average molecular weight is 758 g/mol. The van der Waals surface area contributed by atoms with E-state index in [0.29, 0.717) is 6.42 Å². The van der Waals surface area contributed by atoms with Gasteiger partial charge in [0.1, 0.15) is 6.10 Å². The maximum Gasteiger partial charge on any atom is 0.249 e. The SMILES string of the molecule is CCCCCCCCCCC/C=C\C/C=C\CCCCCCCCC(O)C(=O)NC(CO)C(O)/C=C/CC/C=C/CCCCCCCCCCCCCC. The van der Waals surface area contributed by atoms with Crippen LogP contribution in [0.15, 0.2) is 48.6 Å². The summed E-state index contributed by atoms with van der Waals surface area (Å²) < 4.78 is 0. The smallest absolute Gasteiger partial charge is 0.249 e. The third-order valence-corrected chi connectivity index (χ3v) is 10.6. The van der Waals surface area contributed by atoms with E-state index >= 15 is 0 Å². The van der Waals surface area contributed by atoms with Crippen LogP contribution in [-0.2, 0) is 4.79 Å². The number of carbonyl (C=O) groups is 1. The molecule has 0 saturated heterocycles. The summed E-state index contributed by atoms with van der Waals surface area (Å²) in [6.45, 7) is 4.17. The quantitative estimate of drug-likeness (QED) is 0.0369. The fraction of sp³-hybridized carbons (Fsp3) is 0.816. The van der Waals surface area contributed by atoms with Crippen LogP contribution in [0.1, 0.15) is 232 Å². The number of amides is 1. The fourth-order valence-corrected chi connectivity index (χ4v) is 6.94. The van der Waals surface area contributed by atoms with Crippen molar-refractivity contribution in [3.05, 3.63) is 48.6 Å². The van der Waals surface area contributed by atoms with E-state index in [1.54, 1.807) is 6.08 Å². The molecule has 0 spiro atoms. The van der Waals surface area contributed by atoms with Crippen LogP contribution in [0.2, 0.25) is 0 Å². The van der Waals surface area contributed by atoms with E-state index in [9.17, 15) is 20.1 Å². The molecule has 1 amide bonds. The second kappa shape index (κ2) is 44.0. The number of nitrogens with one attached hydrogen (secondary N) is 1. The first-order valence-corrected chi connectivity index (χ1v) is 23.5. The number of carbonyl (C=O) groups excluding carboxylic acids is 1. The predicted octanol–water partition coefficient (Wildman–Crippen LogP) is 13.7. The summed E-state index contributed by atoms with van der Waals surface area (Å²) in [4.78, 5) is 12.5. The van der Waals surface area contributed by atoms with Crippen LogP contribution in [0.4, 0.5) is 0 Å². The van der Waals surface area contributed by atoms with Gasteiger partial charge in [-0.1, -0.05) is 217 Å². The topological polar surface area (TPSA) is 89.8 Å². The maximum atomic E-state index is 12.5. The first-order valence-electron chi connectivity index (χ1n) is 23.5. The lowest BCUT2D eigenvalue weighted by molar-refractivity contribution is -0.131. The monoisotopic (exact) mass is 758 g/mol. The second-order valence-electron chi connectivity index (χ2n) is 16.0. The molecule has 0 aromatic rings. The summed E-state index contributed by atoms with van der Waals surface area (Å²) in [7, 11) is 0. The molecule has 0 aliphatic carbocycles. The molecule has 5 nitrogen and oxygen atoms in total. The summed E-state index contributed by atoms with van der Waals surface area (Å²) in [5.74, 6) is -0.521. The lowest BCUT2D eigenvalue weighted by atomic mass is 10.0. The second-order valence-corrected chi connectivity index (χ2v) is 16.0. The lowest BCUT2D eigenvalue weighted by Gasteiger charge is -2.21. The van der Waals surface area contributed by atoms with Crippen LogP contribution < -0.4 is 5.32 Å². The van der Waals surface area contributed by atoms with Gasteiger partial charge in [0, 0.05) is 0 Å². The highest BCUT2D eigenvalue weighted by Gasteiger charge is 2.22. The number of allylic oxidation sites excluding steroid dienone is 7. The maximum absolute atomic E-state index is 12.5. The molecule has 0 aromatic carbocycles. The van der Waals surface area contributed by atoms with Gasteiger partial charge in [-0.15, -0.1) is 0 Å². The standard InChI is InChI=1S/C49H91NO4/c1-3-5-7-9-11-13-15-17-19-21-23-24-25-26-28-30-32-34-36-38-40-42-44-48(53)49(54)50-46(45-51)47(52)43-41-39-37-35-33-31-29-27-22-20-18-16-14-12-10-8-6-4-2/h23-24,26,28,33,35,41,43,46-48,51-53H,3-22,25,27,29-32,34,36-40,42,44-45H2,1-2H3,(H,50,54)/b24-23-,28-26-,35-33+,43-41+. The minimum Gasteiger partial charge on any atom is -0.394 e. The number of rotatable bonds is 42. The van der Waals surface area contributed by atoms with Crippen molar-refractivity contribution < 1.29 is 20.1 Å². The van der Waals surface area contributed by atoms with E-state index in [-0.39, 0.29) is 6.61 Å². The Bertz CT molecular complexity index is 881. The van der Waals surface area contributed by atoms with Crippen LogP contribution in [0.3, 0.4) is 0 Å². The van der Waals surface area contributed by atoms with Gasteiger partial charge in [0.25, 0.3) is 0 Å². The van der Waals surface area contributed by atoms with E-state index in [1.807, 2.05) is 6.08 Å². The van der Waals surface area contributed by atoms with Gasteiger partial charge in [0.15, 0.2) is 0 Å². The Kier molecular flexibility index (Phi) is 42.7. The van der Waals surface area contributed by atoms with Crippen molar-refractivity contribution in [1.29, 1.82) is 0 Å². The molecule has 4 N–H and O–H groups in total. The summed E-state index contributed by atoms with van der Waals surface area (Å²) in [5, 5.41) is 33.2. The Morgan fingerprint density at radius 1 is 0.463 bits per heavy atom. The average Bonchev–Trinajstić information content (AvgIpc) is 3.18. The van der Waals surface area contributed by atoms with Crippen LogP contribution in [-0.4, -0.2) is 46.1 Å². The van der Waals surface area contributed by atoms with Crippen LogP contribution >= 0.6 is 0 Å². The van der Waals surface area contributed by atoms with Gasteiger partial charge in [-0.05, 0) is 64.2 Å². The highest BCUT2D eigenvalue weighted by Crippen LogP contribution is 2.14. The number of hydrogen-bond donors (Lipinski definition) is 4. The molecule has 0 rings (SSSR count). The molecule has 0 radical (unpaired) electrons. The van der Waals surface area contributed by atoms with Crippen molar-refractivity contribution in [2.75, 3.05) is 6.61 Å².